The zero-order chi connectivity index (χ0) is 27.7. The molecule has 0 amide bonds. The molecule has 0 radical (unpaired) electrons. The Morgan fingerprint density at radius 3 is 0.730 bits per heavy atom. The van der Waals surface area contributed by atoms with Crippen molar-refractivity contribution in [2.75, 3.05) is 0 Å². The standard InChI is InChI=1S/C17H35NO.C16H33NO/c1-3-4-5-6-7-8-9-10-11-12-13-14-15-16-17(2)18-19;1-3-4-5-6-7-8-9-10-11-12-13-14-15-16(2)17-18/h19H,3-16H2,1-2H3;18H,3-15H2,1-2H3. The Morgan fingerprint density at radius 2 is 0.541 bits per heavy atom. The van der Waals surface area contributed by atoms with E-state index in [0.717, 1.165) is 24.3 Å². The van der Waals surface area contributed by atoms with E-state index in [1.807, 2.05) is 13.8 Å². The van der Waals surface area contributed by atoms with Gasteiger partial charge in [-0.05, 0) is 39.5 Å². The quantitative estimate of drug-likeness (QED) is 0.0485. The maximum Gasteiger partial charge on any atom is 0.0540 e. The summed E-state index contributed by atoms with van der Waals surface area (Å²) < 4.78 is 0. The van der Waals surface area contributed by atoms with E-state index in [0.29, 0.717) is 0 Å². The van der Waals surface area contributed by atoms with E-state index in [-0.39, 0.29) is 0 Å². The molecule has 0 aromatic heterocycles. The topological polar surface area (TPSA) is 65.2 Å². The third-order valence-corrected chi connectivity index (χ3v) is 7.38. The van der Waals surface area contributed by atoms with Crippen LogP contribution in [0, 0.1) is 0 Å². The van der Waals surface area contributed by atoms with Crippen molar-refractivity contribution in [1.82, 2.24) is 0 Å². The van der Waals surface area contributed by atoms with Gasteiger partial charge in [-0.3, -0.25) is 0 Å². The summed E-state index contributed by atoms with van der Waals surface area (Å²) in [5, 5.41) is 23.4. The number of hydrogen-bond acceptors (Lipinski definition) is 4. The van der Waals surface area contributed by atoms with Gasteiger partial charge in [0.2, 0.25) is 0 Å². The van der Waals surface area contributed by atoms with E-state index in [2.05, 4.69) is 24.2 Å². The molecule has 0 bridgehead atoms. The van der Waals surface area contributed by atoms with Crippen LogP contribution in [-0.2, 0) is 0 Å². The number of oxime groups is 2. The molecule has 0 fully saturated rings. The lowest BCUT2D eigenvalue weighted by atomic mass is 10.0. The van der Waals surface area contributed by atoms with Gasteiger partial charge in [0, 0.05) is 0 Å². The summed E-state index contributed by atoms with van der Waals surface area (Å²) in [6.07, 6.45) is 36.4. The van der Waals surface area contributed by atoms with E-state index in [9.17, 15) is 0 Å². The van der Waals surface area contributed by atoms with Crippen LogP contribution in [0.2, 0.25) is 0 Å². The molecule has 0 atom stereocenters. The van der Waals surface area contributed by atoms with Crippen molar-refractivity contribution in [3.05, 3.63) is 0 Å². The lowest BCUT2D eigenvalue weighted by Gasteiger charge is -2.03. The van der Waals surface area contributed by atoms with Crippen molar-refractivity contribution in [2.45, 2.75) is 201 Å². The molecule has 4 heteroatoms. The molecule has 0 saturated carbocycles. The predicted molar refractivity (Wildman–Crippen MR) is 166 cm³/mol. The number of nitrogens with zero attached hydrogens (tertiary/aromatic N) is 2. The Labute approximate surface area is 233 Å². The first-order valence-electron chi connectivity index (χ1n) is 16.5. The largest absolute Gasteiger partial charge is 0.411 e. The summed E-state index contributed by atoms with van der Waals surface area (Å²) >= 11 is 0. The maximum atomic E-state index is 8.51. The highest BCUT2D eigenvalue weighted by atomic mass is 16.4. The van der Waals surface area contributed by atoms with Gasteiger partial charge in [-0.15, -0.1) is 0 Å². The van der Waals surface area contributed by atoms with Crippen molar-refractivity contribution in [2.24, 2.45) is 10.3 Å². The van der Waals surface area contributed by atoms with Crippen LogP contribution in [0.15, 0.2) is 10.3 Å². The first-order chi connectivity index (χ1) is 18.1. The molecule has 4 nitrogen and oxygen atoms in total. The van der Waals surface area contributed by atoms with E-state index in [1.54, 1.807) is 0 Å². The Morgan fingerprint density at radius 1 is 0.351 bits per heavy atom. The molecule has 0 spiro atoms. The lowest BCUT2D eigenvalue weighted by Crippen LogP contribution is -1.90. The summed E-state index contributed by atoms with van der Waals surface area (Å²) in [6.45, 7) is 8.32. The molecule has 0 aromatic carbocycles. The van der Waals surface area contributed by atoms with Crippen LogP contribution in [0.3, 0.4) is 0 Å². The highest BCUT2D eigenvalue weighted by Crippen LogP contribution is 2.14. The summed E-state index contributed by atoms with van der Waals surface area (Å²) in [7, 11) is 0. The zero-order valence-electron chi connectivity index (χ0n) is 25.9. The Bertz CT molecular complexity index is 477. The molecular weight excluding hydrogens is 456 g/mol. The molecular formula is C33H68N2O2. The Balaban J connectivity index is 0. The van der Waals surface area contributed by atoms with Crippen molar-refractivity contribution >= 4 is 11.4 Å². The highest BCUT2D eigenvalue weighted by Gasteiger charge is 1.96. The van der Waals surface area contributed by atoms with Crippen molar-refractivity contribution in [3.63, 3.8) is 0 Å². The molecule has 0 heterocycles. The van der Waals surface area contributed by atoms with Crippen LogP contribution in [0.1, 0.15) is 201 Å². The van der Waals surface area contributed by atoms with Gasteiger partial charge in [0.1, 0.15) is 0 Å². The van der Waals surface area contributed by atoms with Gasteiger partial charge in [-0.1, -0.05) is 172 Å². The van der Waals surface area contributed by atoms with Crippen LogP contribution >= 0.6 is 0 Å². The fourth-order valence-corrected chi connectivity index (χ4v) is 4.72. The van der Waals surface area contributed by atoms with Gasteiger partial charge in [0.05, 0.1) is 11.4 Å². The average Bonchev–Trinajstić information content (AvgIpc) is 2.91. The SMILES string of the molecule is CCCCCCCCCCCCCCC(C)=NO.CCCCCCCCCCCCCCCC(C)=NO. The van der Waals surface area contributed by atoms with Gasteiger partial charge in [-0.2, -0.15) is 0 Å². The second-order valence-electron chi connectivity index (χ2n) is 11.3. The molecule has 2 N–H and O–H groups in total. The Hall–Kier alpha value is -1.06. The minimum absolute atomic E-state index is 0.863. The third-order valence-electron chi connectivity index (χ3n) is 7.38. The summed E-state index contributed by atoms with van der Waals surface area (Å²) in [4.78, 5) is 0. The number of unbranched alkanes of at least 4 members (excludes halogenated alkanes) is 23. The maximum absolute atomic E-state index is 8.51. The molecule has 0 aromatic rings. The van der Waals surface area contributed by atoms with Gasteiger partial charge < -0.3 is 10.4 Å². The van der Waals surface area contributed by atoms with Gasteiger partial charge >= 0.3 is 0 Å². The van der Waals surface area contributed by atoms with Crippen molar-refractivity contribution in [1.29, 1.82) is 0 Å². The summed E-state index contributed by atoms with van der Waals surface area (Å²) in [5.74, 6) is 0. The second kappa shape index (κ2) is 34.9. The summed E-state index contributed by atoms with van der Waals surface area (Å²) in [5.41, 5.74) is 1.73. The second-order valence-corrected chi connectivity index (χ2v) is 11.3. The summed E-state index contributed by atoms with van der Waals surface area (Å²) in [6, 6.07) is 0. The van der Waals surface area contributed by atoms with Crippen LogP contribution in [-0.4, -0.2) is 21.8 Å². The minimum atomic E-state index is 0.863. The average molecular weight is 525 g/mol. The monoisotopic (exact) mass is 525 g/mol. The number of hydrogen-bond donors (Lipinski definition) is 2. The fraction of sp³-hybridized carbons (Fsp3) is 0.939. The van der Waals surface area contributed by atoms with E-state index < -0.39 is 0 Å². The molecule has 0 aliphatic rings. The predicted octanol–water partition coefficient (Wildman–Crippen LogP) is 12.2. The zero-order valence-corrected chi connectivity index (χ0v) is 25.9. The molecule has 0 rings (SSSR count). The van der Waals surface area contributed by atoms with Crippen LogP contribution in [0.5, 0.6) is 0 Å². The molecule has 0 aliphatic carbocycles. The van der Waals surface area contributed by atoms with Crippen molar-refractivity contribution < 1.29 is 10.4 Å². The molecule has 0 saturated heterocycles. The van der Waals surface area contributed by atoms with Gasteiger partial charge in [0.15, 0.2) is 0 Å². The first kappa shape index (κ1) is 38.1. The van der Waals surface area contributed by atoms with Gasteiger partial charge in [0.25, 0.3) is 0 Å². The normalized spacial score (nSPS) is 12.0. The molecule has 0 aliphatic heterocycles. The molecule has 222 valence electrons. The van der Waals surface area contributed by atoms with Crippen LogP contribution in [0.4, 0.5) is 0 Å². The van der Waals surface area contributed by atoms with Crippen molar-refractivity contribution in [3.8, 4) is 0 Å². The number of rotatable bonds is 27. The highest BCUT2D eigenvalue weighted by molar-refractivity contribution is 5.81. The van der Waals surface area contributed by atoms with Crippen LogP contribution < -0.4 is 0 Å². The minimum Gasteiger partial charge on any atom is -0.411 e. The third kappa shape index (κ3) is 37.2. The van der Waals surface area contributed by atoms with Crippen LogP contribution in [0.25, 0.3) is 0 Å². The van der Waals surface area contributed by atoms with E-state index >= 15 is 0 Å². The molecule has 37 heavy (non-hydrogen) atoms. The fourth-order valence-electron chi connectivity index (χ4n) is 4.72. The van der Waals surface area contributed by atoms with E-state index in [1.165, 1.54) is 161 Å². The lowest BCUT2D eigenvalue weighted by molar-refractivity contribution is 0.317. The Kier molecular flexibility index (Phi) is 36.0. The van der Waals surface area contributed by atoms with E-state index in [4.69, 9.17) is 10.4 Å². The van der Waals surface area contributed by atoms with Gasteiger partial charge in [-0.25, -0.2) is 0 Å². The smallest absolute Gasteiger partial charge is 0.0540 e. The molecule has 0 unspecified atom stereocenters. The first-order valence-corrected chi connectivity index (χ1v) is 16.5.